The van der Waals surface area contributed by atoms with Crippen molar-refractivity contribution < 1.29 is 5.11 Å². The van der Waals surface area contributed by atoms with Gasteiger partial charge in [0.25, 0.3) is 0 Å². The van der Waals surface area contributed by atoms with Crippen LogP contribution in [-0.4, -0.2) is 41.5 Å². The third-order valence-corrected chi connectivity index (χ3v) is 3.28. The summed E-state index contributed by atoms with van der Waals surface area (Å²) in [4.78, 5) is 2.31. The summed E-state index contributed by atoms with van der Waals surface area (Å²) in [6, 6.07) is 0.330. The van der Waals surface area contributed by atoms with E-state index in [-0.39, 0.29) is 6.61 Å². The molecule has 0 bridgehead atoms. The molecule has 2 atom stereocenters. The molecule has 1 saturated heterocycles. The Kier molecular flexibility index (Phi) is 4.29. The van der Waals surface area contributed by atoms with Crippen LogP contribution in [0.25, 0.3) is 0 Å². The normalized spacial score (nSPS) is 29.5. The van der Waals surface area contributed by atoms with E-state index in [1.165, 1.54) is 6.42 Å². The lowest BCUT2D eigenvalue weighted by atomic mass is 10.0. The smallest absolute Gasteiger partial charge is 0.0589 e. The molecule has 0 saturated carbocycles. The molecule has 0 amide bonds. The van der Waals surface area contributed by atoms with Gasteiger partial charge in [0.1, 0.15) is 0 Å². The van der Waals surface area contributed by atoms with Crippen LogP contribution in [0.4, 0.5) is 0 Å². The van der Waals surface area contributed by atoms with Crippen molar-refractivity contribution in [3.05, 3.63) is 12.2 Å². The molecule has 1 N–H and O–H groups in total. The largest absolute Gasteiger partial charge is 0.395 e. The molecule has 3 heteroatoms. The van der Waals surface area contributed by atoms with Gasteiger partial charge in [-0.2, -0.15) is 12.6 Å². The quantitative estimate of drug-likeness (QED) is 0.527. The lowest BCUT2D eigenvalue weighted by molar-refractivity contribution is 0.147. The Labute approximate surface area is 86.0 Å². The zero-order valence-electron chi connectivity index (χ0n) is 8.24. The second kappa shape index (κ2) is 5.03. The predicted octanol–water partition coefficient (Wildman–Crippen LogP) is 1.18. The van der Waals surface area contributed by atoms with Gasteiger partial charge in [0.15, 0.2) is 0 Å². The zero-order chi connectivity index (χ0) is 9.84. The Balaban J connectivity index is 2.45. The molecule has 2 unspecified atom stereocenters. The summed E-state index contributed by atoms with van der Waals surface area (Å²) in [6.07, 6.45) is 1.19. The molecule has 1 aliphatic heterocycles. The molecule has 1 aliphatic rings. The van der Waals surface area contributed by atoms with E-state index in [0.29, 0.717) is 12.0 Å². The van der Waals surface area contributed by atoms with Gasteiger partial charge in [0, 0.05) is 18.3 Å². The number of aliphatic hydroxyl groups is 1. The number of likely N-dealkylation sites (tertiary alicyclic amines) is 1. The maximum absolute atomic E-state index is 9.20. The molecule has 1 heterocycles. The first-order valence-corrected chi connectivity index (χ1v) is 5.44. The molecule has 0 aromatic rings. The molecule has 2 nitrogen and oxygen atoms in total. The Hall–Kier alpha value is 0.01000. The van der Waals surface area contributed by atoms with E-state index in [1.807, 2.05) is 0 Å². The minimum absolute atomic E-state index is 0.265. The highest BCUT2D eigenvalue weighted by molar-refractivity contribution is 7.80. The molecule has 1 rings (SSSR count). The maximum atomic E-state index is 9.20. The molecule has 0 aromatic heterocycles. The highest BCUT2D eigenvalue weighted by Crippen LogP contribution is 2.23. The second-order valence-electron chi connectivity index (χ2n) is 3.89. The summed E-state index contributed by atoms with van der Waals surface area (Å²) >= 11 is 4.18. The second-order valence-corrected chi connectivity index (χ2v) is 4.21. The summed E-state index contributed by atoms with van der Waals surface area (Å²) in [5.74, 6) is 1.35. The fourth-order valence-electron chi connectivity index (χ4n) is 1.92. The van der Waals surface area contributed by atoms with Crippen molar-refractivity contribution in [1.29, 1.82) is 0 Å². The minimum atomic E-state index is 0.265. The van der Waals surface area contributed by atoms with Crippen molar-refractivity contribution in [3.63, 3.8) is 0 Å². The van der Waals surface area contributed by atoms with Crippen LogP contribution in [0.5, 0.6) is 0 Å². The number of nitrogens with zero attached hydrogens (tertiary/aromatic N) is 1. The predicted molar refractivity (Wildman–Crippen MR) is 59.2 cm³/mol. The summed E-state index contributed by atoms with van der Waals surface area (Å²) in [6.45, 7) is 8.36. The van der Waals surface area contributed by atoms with Gasteiger partial charge in [0.2, 0.25) is 0 Å². The molecule has 76 valence electrons. The molecule has 0 spiro atoms. The number of hydrogen-bond donors (Lipinski definition) is 2. The van der Waals surface area contributed by atoms with Crippen molar-refractivity contribution in [2.24, 2.45) is 5.92 Å². The van der Waals surface area contributed by atoms with Gasteiger partial charge < -0.3 is 5.11 Å². The fraction of sp³-hybridized carbons (Fsp3) is 0.800. The van der Waals surface area contributed by atoms with Crippen LogP contribution in [0.2, 0.25) is 0 Å². The number of rotatable bonds is 4. The number of thiol groups is 1. The van der Waals surface area contributed by atoms with Gasteiger partial charge >= 0.3 is 0 Å². The van der Waals surface area contributed by atoms with Crippen molar-refractivity contribution in [3.8, 4) is 0 Å². The van der Waals surface area contributed by atoms with E-state index in [1.54, 1.807) is 0 Å². The van der Waals surface area contributed by atoms with E-state index in [4.69, 9.17) is 0 Å². The van der Waals surface area contributed by atoms with Gasteiger partial charge in [-0.3, -0.25) is 4.90 Å². The van der Waals surface area contributed by atoms with Crippen LogP contribution in [-0.2, 0) is 0 Å². The minimum Gasteiger partial charge on any atom is -0.395 e. The van der Waals surface area contributed by atoms with Crippen LogP contribution < -0.4 is 0 Å². The Morgan fingerprint density at radius 1 is 1.69 bits per heavy atom. The van der Waals surface area contributed by atoms with E-state index in [9.17, 15) is 5.11 Å². The van der Waals surface area contributed by atoms with E-state index >= 15 is 0 Å². The molecule has 0 aliphatic carbocycles. The summed E-state index contributed by atoms with van der Waals surface area (Å²) in [5.41, 5.74) is 1.14. The summed E-state index contributed by atoms with van der Waals surface area (Å²) in [5, 5.41) is 9.20. The van der Waals surface area contributed by atoms with Crippen molar-refractivity contribution in [2.75, 3.05) is 25.4 Å². The van der Waals surface area contributed by atoms with Crippen LogP contribution in [0.3, 0.4) is 0 Å². The molecule has 0 aromatic carbocycles. The van der Waals surface area contributed by atoms with Gasteiger partial charge in [-0.15, -0.1) is 0 Å². The zero-order valence-corrected chi connectivity index (χ0v) is 9.13. The average molecular weight is 201 g/mol. The molecule has 13 heavy (non-hydrogen) atoms. The van der Waals surface area contributed by atoms with Crippen LogP contribution in [0.1, 0.15) is 13.3 Å². The summed E-state index contributed by atoms with van der Waals surface area (Å²) in [7, 11) is 0. The first-order chi connectivity index (χ1) is 6.19. The molecule has 0 radical (unpaired) electrons. The Morgan fingerprint density at radius 3 is 2.92 bits per heavy atom. The number of aliphatic hydroxyl groups excluding tert-OH is 1. The first-order valence-electron chi connectivity index (χ1n) is 4.81. The van der Waals surface area contributed by atoms with Crippen molar-refractivity contribution >= 4 is 12.6 Å². The highest BCUT2D eigenvalue weighted by atomic mass is 32.1. The van der Waals surface area contributed by atoms with Crippen molar-refractivity contribution in [2.45, 2.75) is 19.4 Å². The monoisotopic (exact) mass is 201 g/mol. The lowest BCUT2D eigenvalue weighted by Gasteiger charge is -2.25. The Morgan fingerprint density at radius 2 is 2.38 bits per heavy atom. The first kappa shape index (κ1) is 11.1. The third-order valence-electron chi connectivity index (χ3n) is 2.83. The molecular formula is C10H19NOS. The highest BCUT2D eigenvalue weighted by Gasteiger charge is 2.30. The lowest BCUT2D eigenvalue weighted by Crippen LogP contribution is -2.36. The fourth-order valence-corrected chi connectivity index (χ4v) is 2.02. The standard InChI is InChI=1S/C10H19NOS/c1-8(7-13)5-11-4-3-9(2)10(11)6-12/h9-10,12-13H,1,3-7H2,2H3. The molecular weight excluding hydrogens is 182 g/mol. The maximum Gasteiger partial charge on any atom is 0.0589 e. The topological polar surface area (TPSA) is 23.5 Å². The van der Waals surface area contributed by atoms with Gasteiger partial charge in [-0.25, -0.2) is 0 Å². The Bertz CT molecular complexity index is 184. The van der Waals surface area contributed by atoms with E-state index in [2.05, 4.69) is 31.0 Å². The van der Waals surface area contributed by atoms with E-state index < -0.39 is 0 Å². The third kappa shape index (κ3) is 2.73. The SMILES string of the molecule is C=C(CS)CN1CCC(C)C1CO. The number of hydrogen-bond acceptors (Lipinski definition) is 3. The van der Waals surface area contributed by atoms with Crippen LogP contribution in [0.15, 0.2) is 12.2 Å². The van der Waals surface area contributed by atoms with Gasteiger partial charge in [0.05, 0.1) is 6.61 Å². The average Bonchev–Trinajstić information content (AvgIpc) is 2.46. The summed E-state index contributed by atoms with van der Waals surface area (Å²) < 4.78 is 0. The van der Waals surface area contributed by atoms with Crippen LogP contribution >= 0.6 is 12.6 Å². The van der Waals surface area contributed by atoms with Gasteiger partial charge in [-0.1, -0.05) is 19.1 Å². The van der Waals surface area contributed by atoms with E-state index in [0.717, 1.165) is 24.4 Å². The van der Waals surface area contributed by atoms with Gasteiger partial charge in [-0.05, 0) is 18.9 Å². The van der Waals surface area contributed by atoms with Crippen LogP contribution in [0, 0.1) is 5.92 Å². The van der Waals surface area contributed by atoms with Crippen molar-refractivity contribution in [1.82, 2.24) is 4.90 Å². The molecule has 1 fully saturated rings.